The van der Waals surface area contributed by atoms with Crippen molar-refractivity contribution < 1.29 is 19.0 Å². The van der Waals surface area contributed by atoms with Crippen LogP contribution in [0.4, 0.5) is 0 Å². The minimum Gasteiger partial charge on any atom is -0.497 e. The van der Waals surface area contributed by atoms with Crippen molar-refractivity contribution in [1.29, 1.82) is 0 Å². The maximum atomic E-state index is 13.6. The fraction of sp³-hybridized carbons (Fsp3) is 0.250. The molecule has 9 heteroatoms. The Morgan fingerprint density at radius 3 is 2.73 bits per heavy atom. The third-order valence-electron chi connectivity index (χ3n) is 5.23. The lowest BCUT2D eigenvalue weighted by Crippen LogP contribution is -2.40. The summed E-state index contributed by atoms with van der Waals surface area (Å²) in [7, 11) is 3.09. The van der Waals surface area contributed by atoms with Crippen LogP contribution in [0.15, 0.2) is 63.8 Å². The maximum Gasteiger partial charge on any atom is 0.338 e. The normalized spacial score (nSPS) is 15.6. The number of allylic oxidation sites excluding steroid dienone is 1. The second-order valence-corrected chi connectivity index (χ2v) is 8.21. The van der Waals surface area contributed by atoms with Crippen LogP contribution < -0.4 is 24.4 Å². The maximum absolute atomic E-state index is 13.6. The number of nitrogens with zero attached hydrogens (tertiary/aromatic N) is 3. The number of hydrogen-bond acceptors (Lipinski definition) is 8. The van der Waals surface area contributed by atoms with Gasteiger partial charge in [0.1, 0.15) is 17.5 Å². The average Bonchev–Trinajstić information content (AvgIpc) is 3.12. The van der Waals surface area contributed by atoms with Crippen molar-refractivity contribution in [2.75, 3.05) is 20.8 Å². The number of hydrogen-bond donors (Lipinski definition) is 0. The van der Waals surface area contributed by atoms with Crippen LogP contribution in [0.1, 0.15) is 31.0 Å². The first-order valence-electron chi connectivity index (χ1n) is 10.3. The highest BCUT2D eigenvalue weighted by atomic mass is 32.1. The Morgan fingerprint density at radius 2 is 2.06 bits per heavy atom. The van der Waals surface area contributed by atoms with Crippen molar-refractivity contribution in [3.05, 3.63) is 84.8 Å². The Kier molecular flexibility index (Phi) is 6.41. The standard InChI is InChI=1S/C24H23N3O5S/c1-5-32-23(29)20-14(2)26-24-27(21(20)17-12-16(30-3)8-9-18(17)31-4)22(28)19(33-24)11-15-7-6-10-25-13-15/h6-13,21H,5H2,1-4H3/b19-11+. The molecular weight excluding hydrogens is 442 g/mol. The minimum atomic E-state index is -0.790. The number of rotatable bonds is 6. The summed E-state index contributed by atoms with van der Waals surface area (Å²) in [6.07, 6.45) is 5.11. The molecule has 0 spiro atoms. The lowest BCUT2D eigenvalue weighted by atomic mass is 9.94. The molecule has 3 aromatic rings. The van der Waals surface area contributed by atoms with Crippen LogP contribution in [0.25, 0.3) is 6.08 Å². The second-order valence-electron chi connectivity index (χ2n) is 7.20. The molecule has 0 radical (unpaired) electrons. The zero-order chi connectivity index (χ0) is 23.5. The van der Waals surface area contributed by atoms with E-state index in [0.29, 0.717) is 32.1 Å². The van der Waals surface area contributed by atoms with Gasteiger partial charge in [-0.2, -0.15) is 0 Å². The number of carbonyl (C=O) groups excluding carboxylic acids is 1. The highest BCUT2D eigenvalue weighted by Gasteiger charge is 2.35. The first-order valence-corrected chi connectivity index (χ1v) is 11.1. The Balaban J connectivity index is 2.02. The van der Waals surface area contributed by atoms with Gasteiger partial charge in [-0.15, -0.1) is 0 Å². The highest BCUT2D eigenvalue weighted by molar-refractivity contribution is 7.07. The van der Waals surface area contributed by atoms with E-state index in [2.05, 4.69) is 9.98 Å². The van der Waals surface area contributed by atoms with E-state index < -0.39 is 12.0 Å². The average molecular weight is 466 g/mol. The molecule has 1 aliphatic heterocycles. The Morgan fingerprint density at radius 1 is 1.24 bits per heavy atom. The molecule has 0 fully saturated rings. The predicted octanol–water partition coefficient (Wildman–Crippen LogP) is 2.21. The number of thiazole rings is 1. The largest absolute Gasteiger partial charge is 0.497 e. The molecule has 1 aliphatic rings. The molecule has 0 amide bonds. The number of pyridine rings is 1. The fourth-order valence-electron chi connectivity index (χ4n) is 3.75. The molecule has 4 rings (SSSR count). The molecule has 8 nitrogen and oxygen atoms in total. The summed E-state index contributed by atoms with van der Waals surface area (Å²) < 4.78 is 18.3. The van der Waals surface area contributed by atoms with Gasteiger partial charge in [0, 0.05) is 18.0 Å². The van der Waals surface area contributed by atoms with Crippen LogP contribution in [0.5, 0.6) is 11.5 Å². The number of aromatic nitrogens is 2. The lowest BCUT2D eigenvalue weighted by molar-refractivity contribution is -0.139. The summed E-state index contributed by atoms with van der Waals surface area (Å²) in [4.78, 5) is 35.8. The molecule has 1 unspecified atom stereocenters. The van der Waals surface area contributed by atoms with Gasteiger partial charge in [0.15, 0.2) is 4.80 Å². The molecule has 2 aromatic heterocycles. The van der Waals surface area contributed by atoms with Gasteiger partial charge in [0.05, 0.1) is 36.6 Å². The first kappa shape index (κ1) is 22.5. The highest BCUT2D eigenvalue weighted by Crippen LogP contribution is 2.37. The van der Waals surface area contributed by atoms with Crippen molar-refractivity contribution in [3.8, 4) is 11.5 Å². The van der Waals surface area contributed by atoms with Gasteiger partial charge in [-0.25, -0.2) is 9.79 Å². The molecule has 0 N–H and O–H groups in total. The van der Waals surface area contributed by atoms with E-state index >= 15 is 0 Å². The van der Waals surface area contributed by atoms with Gasteiger partial charge in [0.25, 0.3) is 5.56 Å². The monoisotopic (exact) mass is 465 g/mol. The molecule has 0 aliphatic carbocycles. The molecule has 0 bridgehead atoms. The van der Waals surface area contributed by atoms with Gasteiger partial charge in [0.2, 0.25) is 0 Å². The van der Waals surface area contributed by atoms with Crippen LogP contribution in [-0.2, 0) is 9.53 Å². The van der Waals surface area contributed by atoms with Gasteiger partial charge >= 0.3 is 5.97 Å². The number of ether oxygens (including phenoxy) is 3. The van der Waals surface area contributed by atoms with Gasteiger partial charge in [-0.1, -0.05) is 17.4 Å². The Bertz CT molecular complexity index is 1410. The predicted molar refractivity (Wildman–Crippen MR) is 124 cm³/mol. The zero-order valence-electron chi connectivity index (χ0n) is 18.7. The fourth-order valence-corrected chi connectivity index (χ4v) is 4.80. The summed E-state index contributed by atoms with van der Waals surface area (Å²) in [6.45, 7) is 3.67. The van der Waals surface area contributed by atoms with E-state index in [-0.39, 0.29) is 17.7 Å². The molecule has 0 saturated heterocycles. The second kappa shape index (κ2) is 9.41. The number of esters is 1. The van der Waals surface area contributed by atoms with Crippen molar-refractivity contribution in [2.24, 2.45) is 4.99 Å². The minimum absolute atomic E-state index is 0.197. The third kappa shape index (κ3) is 4.19. The SMILES string of the molecule is CCOC(=O)C1=C(C)N=c2s/c(=C/c3cccnc3)c(=O)n2C1c1cc(OC)ccc1OC. The van der Waals surface area contributed by atoms with Gasteiger partial charge in [-0.05, 0) is 49.8 Å². The van der Waals surface area contributed by atoms with Crippen LogP contribution >= 0.6 is 11.3 Å². The van der Waals surface area contributed by atoms with E-state index in [9.17, 15) is 9.59 Å². The lowest BCUT2D eigenvalue weighted by Gasteiger charge is -2.26. The van der Waals surface area contributed by atoms with E-state index in [1.807, 2.05) is 6.07 Å². The van der Waals surface area contributed by atoms with Crippen LogP contribution in [0.3, 0.4) is 0 Å². The summed E-state index contributed by atoms with van der Waals surface area (Å²) >= 11 is 1.25. The van der Waals surface area contributed by atoms with Crippen LogP contribution in [0, 0.1) is 0 Å². The number of benzene rings is 1. The van der Waals surface area contributed by atoms with Crippen molar-refractivity contribution in [1.82, 2.24) is 9.55 Å². The summed E-state index contributed by atoms with van der Waals surface area (Å²) in [5.74, 6) is 0.551. The molecule has 1 aromatic carbocycles. The molecule has 170 valence electrons. The van der Waals surface area contributed by atoms with Crippen LogP contribution in [0.2, 0.25) is 0 Å². The van der Waals surface area contributed by atoms with E-state index in [1.165, 1.54) is 23.0 Å². The first-order chi connectivity index (χ1) is 16.0. The molecule has 33 heavy (non-hydrogen) atoms. The zero-order valence-corrected chi connectivity index (χ0v) is 19.5. The molecule has 3 heterocycles. The quantitative estimate of drug-likeness (QED) is 0.519. The molecule has 1 atom stereocenters. The summed E-state index contributed by atoms with van der Waals surface area (Å²) in [6, 6.07) is 8.15. The van der Waals surface area contributed by atoms with Crippen molar-refractivity contribution in [2.45, 2.75) is 19.9 Å². The van der Waals surface area contributed by atoms with E-state index in [4.69, 9.17) is 14.2 Å². The number of carbonyl (C=O) groups is 1. The van der Waals surface area contributed by atoms with Gasteiger partial charge in [-0.3, -0.25) is 14.3 Å². The molecular formula is C24H23N3O5S. The molecule has 0 saturated carbocycles. The number of methoxy groups -OCH3 is 2. The Labute approximate surface area is 194 Å². The summed E-state index contributed by atoms with van der Waals surface area (Å²) in [5.41, 5.74) is 1.89. The Hall–Kier alpha value is -3.72. The smallest absolute Gasteiger partial charge is 0.338 e. The van der Waals surface area contributed by atoms with E-state index in [1.54, 1.807) is 63.7 Å². The topological polar surface area (TPSA) is 92.0 Å². The van der Waals surface area contributed by atoms with Crippen molar-refractivity contribution in [3.63, 3.8) is 0 Å². The third-order valence-corrected chi connectivity index (χ3v) is 6.21. The van der Waals surface area contributed by atoms with Crippen LogP contribution in [-0.4, -0.2) is 36.3 Å². The van der Waals surface area contributed by atoms with E-state index in [0.717, 1.165) is 5.56 Å². The summed E-state index contributed by atoms with van der Waals surface area (Å²) in [5, 5.41) is 0. The van der Waals surface area contributed by atoms with Gasteiger partial charge < -0.3 is 14.2 Å². The number of fused-ring (bicyclic) bond motifs is 1. The van der Waals surface area contributed by atoms with Crippen molar-refractivity contribution >= 4 is 23.4 Å².